The average Bonchev–Trinajstić information content (AvgIpc) is 0.959. The smallest absolute Gasteiger partial charge is 0.305 e. The maximum atomic E-state index is 13.0. The van der Waals surface area contributed by atoms with Gasteiger partial charge < -0.3 is 45.1 Å². The number of esters is 1. The third-order valence-electron chi connectivity index (χ3n) is 18.9. The number of nitrogens with one attached hydrogen (secondary N) is 1. The number of amides is 1. The largest absolute Gasteiger partial charge is 0.466 e. The van der Waals surface area contributed by atoms with E-state index in [9.17, 15) is 35.1 Å². The monoisotopic (exact) mass is 1300 g/mol. The minimum Gasteiger partial charge on any atom is -0.466 e. The molecule has 1 fully saturated rings. The van der Waals surface area contributed by atoms with Gasteiger partial charge in [-0.3, -0.25) is 9.59 Å². The van der Waals surface area contributed by atoms with Crippen molar-refractivity contribution in [1.82, 2.24) is 5.32 Å². The van der Waals surface area contributed by atoms with Crippen molar-refractivity contribution in [3.05, 3.63) is 48.6 Å². The summed E-state index contributed by atoms with van der Waals surface area (Å²) in [5.41, 5.74) is 0. The number of carbonyl (C=O) groups is 2. The normalized spacial score (nSPS) is 17.8. The van der Waals surface area contributed by atoms with Gasteiger partial charge in [0.15, 0.2) is 6.29 Å². The molecule has 1 amide bonds. The van der Waals surface area contributed by atoms with E-state index < -0.39 is 49.5 Å². The molecular weight excluding hydrogens is 1150 g/mol. The molecule has 540 valence electrons. The van der Waals surface area contributed by atoms with Gasteiger partial charge in [-0.2, -0.15) is 0 Å². The fourth-order valence-corrected chi connectivity index (χ4v) is 12.7. The number of allylic oxidation sites excluding steroid dienone is 7. The maximum absolute atomic E-state index is 13.0. The van der Waals surface area contributed by atoms with Crippen molar-refractivity contribution in [2.45, 2.75) is 436 Å². The quantitative estimate of drug-likeness (QED) is 0.0195. The van der Waals surface area contributed by atoms with E-state index in [0.29, 0.717) is 19.4 Å². The minimum atomic E-state index is -1.57. The first kappa shape index (κ1) is 87.6. The average molecular weight is 1300 g/mol. The highest BCUT2D eigenvalue weighted by Gasteiger charge is 2.44. The molecule has 0 aromatic carbocycles. The van der Waals surface area contributed by atoms with Gasteiger partial charge in [0, 0.05) is 12.8 Å². The van der Waals surface area contributed by atoms with Gasteiger partial charge in [-0.1, -0.05) is 351 Å². The van der Waals surface area contributed by atoms with E-state index in [0.717, 1.165) is 57.8 Å². The number of aliphatic hydroxyl groups is 5. The number of carbonyl (C=O) groups excluding carboxylic acids is 2. The Morgan fingerprint density at radius 3 is 1.15 bits per heavy atom. The zero-order valence-electron chi connectivity index (χ0n) is 60.3. The van der Waals surface area contributed by atoms with Crippen molar-refractivity contribution in [1.29, 1.82) is 0 Å². The van der Waals surface area contributed by atoms with Gasteiger partial charge in [-0.25, -0.2) is 0 Å². The van der Waals surface area contributed by atoms with Crippen LogP contribution in [-0.4, -0.2) is 100 Å². The molecule has 7 atom stereocenters. The second-order valence-corrected chi connectivity index (χ2v) is 27.8. The zero-order valence-corrected chi connectivity index (χ0v) is 60.3. The summed E-state index contributed by atoms with van der Waals surface area (Å²) in [7, 11) is 0. The zero-order chi connectivity index (χ0) is 66.5. The van der Waals surface area contributed by atoms with Crippen LogP contribution >= 0.6 is 0 Å². The lowest BCUT2D eigenvalue weighted by Gasteiger charge is -2.40. The van der Waals surface area contributed by atoms with Gasteiger partial charge in [0.1, 0.15) is 24.4 Å². The SMILES string of the molecule is CCCCCC/C=C/CC/C=C/C(O)C(COC1OC(CO)C(O)C(O)C1O)NC(=O)CCCCCCCCCCCCCCCCCCC/C=C\C/C=C\CCCCCCCCCCCCCCCCCOC(=O)CCCCCCCCCCCCCCCCC. The van der Waals surface area contributed by atoms with Crippen molar-refractivity contribution in [2.24, 2.45) is 0 Å². The molecule has 7 unspecified atom stereocenters. The summed E-state index contributed by atoms with van der Waals surface area (Å²) in [4.78, 5) is 25.1. The van der Waals surface area contributed by atoms with Crippen LogP contribution in [0.1, 0.15) is 393 Å². The number of hydrogen-bond donors (Lipinski definition) is 6. The Morgan fingerprint density at radius 2 is 0.739 bits per heavy atom. The van der Waals surface area contributed by atoms with Gasteiger partial charge >= 0.3 is 5.97 Å². The molecular formula is C81H151NO10. The molecule has 1 aliphatic rings. The number of aliphatic hydroxyl groups excluding tert-OH is 5. The van der Waals surface area contributed by atoms with Gasteiger partial charge in [-0.15, -0.1) is 0 Å². The first-order valence-electron chi connectivity index (χ1n) is 39.9. The molecule has 1 saturated heterocycles. The van der Waals surface area contributed by atoms with Crippen LogP contribution in [-0.2, 0) is 23.8 Å². The standard InChI is InChI=1S/C81H151NO10/c1-3-5-7-9-11-13-15-16-42-46-49-53-57-61-65-69-77(86)90-70-66-62-58-54-50-47-44-41-39-37-35-33-31-29-27-25-23-21-19-17-18-20-22-24-26-28-30-32-34-36-38-40-43-45-48-52-56-60-64-68-76(85)82-73(72-91-81-80(89)79(88)78(87)75(71-83)92-81)74(84)67-63-59-55-51-14-12-10-8-6-4-2/h14,17-18,21,23,51,63,67,73-75,78-81,83-84,87-89H,3-13,15-16,19-20,22,24-50,52-62,64-66,68-72H2,1-2H3,(H,82,85)/b18-17-,23-21-,51-14+,67-63+. The van der Waals surface area contributed by atoms with Crippen molar-refractivity contribution < 1.29 is 49.3 Å². The first-order valence-corrected chi connectivity index (χ1v) is 39.9. The first-order chi connectivity index (χ1) is 45.2. The Morgan fingerprint density at radius 1 is 0.402 bits per heavy atom. The summed E-state index contributed by atoms with van der Waals surface area (Å²) in [5, 5.41) is 54.4. The van der Waals surface area contributed by atoms with E-state index in [1.165, 1.54) is 308 Å². The second kappa shape index (κ2) is 70.0. The summed E-state index contributed by atoms with van der Waals surface area (Å²) in [6.45, 7) is 4.34. The third kappa shape index (κ3) is 57.8. The molecule has 1 aliphatic heterocycles. The Balaban J connectivity index is 1.87. The molecule has 11 heteroatoms. The lowest BCUT2D eigenvalue weighted by atomic mass is 9.99. The van der Waals surface area contributed by atoms with E-state index in [-0.39, 0.29) is 18.5 Å². The van der Waals surface area contributed by atoms with E-state index >= 15 is 0 Å². The molecule has 1 heterocycles. The lowest BCUT2D eigenvalue weighted by molar-refractivity contribution is -0.302. The predicted molar refractivity (Wildman–Crippen MR) is 389 cm³/mol. The highest BCUT2D eigenvalue weighted by atomic mass is 16.7. The van der Waals surface area contributed by atoms with Crippen LogP contribution < -0.4 is 5.32 Å². The molecule has 0 aliphatic carbocycles. The Hall–Kier alpha value is -2.38. The predicted octanol–water partition coefficient (Wildman–Crippen LogP) is 21.5. The highest BCUT2D eigenvalue weighted by molar-refractivity contribution is 5.76. The summed E-state index contributed by atoms with van der Waals surface area (Å²) < 4.78 is 16.7. The second-order valence-electron chi connectivity index (χ2n) is 27.8. The van der Waals surface area contributed by atoms with Crippen LogP contribution in [0.5, 0.6) is 0 Å². The maximum Gasteiger partial charge on any atom is 0.305 e. The van der Waals surface area contributed by atoms with Gasteiger partial charge in [0.25, 0.3) is 0 Å². The Labute approximate surface area is 567 Å². The molecule has 0 spiro atoms. The van der Waals surface area contributed by atoms with E-state index in [1.54, 1.807) is 6.08 Å². The molecule has 0 bridgehead atoms. The van der Waals surface area contributed by atoms with Gasteiger partial charge in [0.2, 0.25) is 5.91 Å². The third-order valence-corrected chi connectivity index (χ3v) is 18.9. The molecule has 0 aromatic rings. The fourth-order valence-electron chi connectivity index (χ4n) is 12.7. The molecule has 11 nitrogen and oxygen atoms in total. The Kier molecular flexibility index (Phi) is 66.6. The van der Waals surface area contributed by atoms with Crippen LogP contribution in [0, 0.1) is 0 Å². The number of hydrogen-bond acceptors (Lipinski definition) is 10. The van der Waals surface area contributed by atoms with E-state index in [2.05, 4.69) is 55.6 Å². The number of unbranched alkanes of at least 4 members (excludes halogenated alkanes) is 51. The Bertz CT molecular complexity index is 1670. The number of rotatable bonds is 71. The van der Waals surface area contributed by atoms with Gasteiger partial charge in [-0.05, 0) is 77.0 Å². The lowest BCUT2D eigenvalue weighted by Crippen LogP contribution is -2.60. The van der Waals surface area contributed by atoms with Gasteiger partial charge in [0.05, 0.1) is 32.0 Å². The van der Waals surface area contributed by atoms with Crippen LogP contribution in [0.3, 0.4) is 0 Å². The number of ether oxygens (including phenoxy) is 3. The molecule has 0 radical (unpaired) electrons. The molecule has 1 rings (SSSR count). The topological polar surface area (TPSA) is 175 Å². The van der Waals surface area contributed by atoms with Crippen LogP contribution in [0.15, 0.2) is 48.6 Å². The van der Waals surface area contributed by atoms with Crippen LogP contribution in [0.2, 0.25) is 0 Å². The molecule has 6 N–H and O–H groups in total. The summed E-state index contributed by atoms with van der Waals surface area (Å²) >= 11 is 0. The fraction of sp³-hybridized carbons (Fsp3) is 0.877. The van der Waals surface area contributed by atoms with Crippen molar-refractivity contribution in [3.8, 4) is 0 Å². The molecule has 0 aromatic heterocycles. The highest BCUT2D eigenvalue weighted by Crippen LogP contribution is 2.24. The van der Waals surface area contributed by atoms with Crippen molar-refractivity contribution >= 4 is 11.9 Å². The van der Waals surface area contributed by atoms with E-state index in [1.807, 2.05) is 6.08 Å². The van der Waals surface area contributed by atoms with Crippen LogP contribution in [0.25, 0.3) is 0 Å². The van der Waals surface area contributed by atoms with Crippen molar-refractivity contribution in [2.75, 3.05) is 19.8 Å². The van der Waals surface area contributed by atoms with Crippen molar-refractivity contribution in [3.63, 3.8) is 0 Å². The summed E-state index contributed by atoms with van der Waals surface area (Å²) in [6.07, 6.45) is 83.1. The molecule has 0 saturated carbocycles. The summed E-state index contributed by atoms with van der Waals surface area (Å²) in [5.74, 6) is -0.171. The van der Waals surface area contributed by atoms with Crippen LogP contribution in [0.4, 0.5) is 0 Å². The van der Waals surface area contributed by atoms with E-state index in [4.69, 9.17) is 14.2 Å². The minimum absolute atomic E-state index is 0.0178. The summed E-state index contributed by atoms with van der Waals surface area (Å²) in [6, 6.07) is -0.825. The molecule has 92 heavy (non-hydrogen) atoms.